The van der Waals surface area contributed by atoms with Crippen LogP contribution in [0.5, 0.6) is 5.75 Å². The number of hydrogen-bond donors (Lipinski definition) is 1. The molecule has 1 saturated heterocycles. The molecule has 5 nitrogen and oxygen atoms in total. The van der Waals surface area contributed by atoms with Gasteiger partial charge >= 0.3 is 0 Å². The van der Waals surface area contributed by atoms with E-state index in [-0.39, 0.29) is 11.7 Å². The third-order valence-electron chi connectivity index (χ3n) is 4.57. The first-order chi connectivity index (χ1) is 12.9. The largest absolute Gasteiger partial charge is 0.480 e. The van der Waals surface area contributed by atoms with Crippen molar-refractivity contribution in [2.75, 3.05) is 43.4 Å². The number of likely N-dealkylation sites (N-methyl/N-ethyl adjacent to an activating group) is 1. The third-order valence-corrected chi connectivity index (χ3v) is 5.19. The predicted molar refractivity (Wildman–Crippen MR) is 109 cm³/mol. The fourth-order valence-corrected chi connectivity index (χ4v) is 3.32. The van der Waals surface area contributed by atoms with E-state index in [1.165, 1.54) is 18.2 Å². The van der Waals surface area contributed by atoms with Gasteiger partial charge in [0.1, 0.15) is 11.6 Å². The van der Waals surface area contributed by atoms with Gasteiger partial charge in [-0.2, -0.15) is 0 Å². The van der Waals surface area contributed by atoms with Crippen LogP contribution in [-0.4, -0.2) is 50.1 Å². The first-order valence-electron chi connectivity index (χ1n) is 8.88. The van der Waals surface area contributed by atoms with Crippen molar-refractivity contribution in [1.29, 1.82) is 0 Å². The van der Waals surface area contributed by atoms with Crippen LogP contribution in [0.1, 0.15) is 6.92 Å². The van der Waals surface area contributed by atoms with Gasteiger partial charge in [0, 0.05) is 37.6 Å². The van der Waals surface area contributed by atoms with Gasteiger partial charge in [0.15, 0.2) is 6.10 Å². The summed E-state index contributed by atoms with van der Waals surface area (Å²) in [6.07, 6.45) is -0.718. The molecule has 0 bridgehead atoms. The molecule has 1 unspecified atom stereocenters. The molecule has 0 radical (unpaired) electrons. The summed E-state index contributed by atoms with van der Waals surface area (Å²) in [4.78, 5) is 17.0. The summed E-state index contributed by atoms with van der Waals surface area (Å²) in [5.41, 5.74) is 1.87. The number of nitrogens with one attached hydrogen (secondary N) is 1. The molecule has 0 aliphatic carbocycles. The summed E-state index contributed by atoms with van der Waals surface area (Å²) in [5.74, 6) is -0.213. The van der Waals surface area contributed by atoms with Gasteiger partial charge in [0.2, 0.25) is 0 Å². The second-order valence-corrected chi connectivity index (χ2v) is 7.52. The lowest BCUT2D eigenvalue weighted by molar-refractivity contribution is -0.122. The quantitative estimate of drug-likeness (QED) is 0.776. The highest BCUT2D eigenvalue weighted by molar-refractivity contribution is 9.10. The standard InChI is InChI=1S/C20H23BrFN3O2/c1-14(27-19-8-3-15(22)13-18(19)21)20(26)23-16-4-6-17(7-5-16)25-11-9-24(2)10-12-25/h3-8,13-14H,9-12H2,1-2H3,(H,23,26). The van der Waals surface area contributed by atoms with Crippen LogP contribution in [0.2, 0.25) is 0 Å². The molecule has 0 saturated carbocycles. The van der Waals surface area contributed by atoms with Crippen LogP contribution in [0.15, 0.2) is 46.9 Å². The van der Waals surface area contributed by atoms with Gasteiger partial charge in [0.25, 0.3) is 5.91 Å². The van der Waals surface area contributed by atoms with Gasteiger partial charge < -0.3 is 19.9 Å². The number of carbonyl (C=O) groups is 1. The Morgan fingerprint density at radius 2 is 1.81 bits per heavy atom. The van der Waals surface area contributed by atoms with Crippen molar-refractivity contribution in [3.63, 3.8) is 0 Å². The Labute approximate surface area is 167 Å². The zero-order valence-corrected chi connectivity index (χ0v) is 17.0. The number of halogens is 2. The number of rotatable bonds is 5. The SMILES string of the molecule is CC(Oc1ccc(F)cc1Br)C(=O)Nc1ccc(N2CCN(C)CC2)cc1. The van der Waals surface area contributed by atoms with Crippen molar-refractivity contribution in [1.82, 2.24) is 4.90 Å². The Morgan fingerprint density at radius 1 is 1.15 bits per heavy atom. The molecule has 1 heterocycles. The molecule has 1 aliphatic rings. The number of amides is 1. The number of carbonyl (C=O) groups excluding carboxylic acids is 1. The molecule has 0 aromatic heterocycles. The molecule has 1 atom stereocenters. The molecule has 144 valence electrons. The number of benzene rings is 2. The van der Waals surface area contributed by atoms with Crippen molar-refractivity contribution in [3.8, 4) is 5.75 Å². The molecular formula is C20H23BrFN3O2. The Balaban J connectivity index is 1.57. The average molecular weight is 436 g/mol. The average Bonchev–Trinajstić information content (AvgIpc) is 2.65. The molecule has 2 aromatic rings. The maximum absolute atomic E-state index is 13.1. The molecule has 1 amide bonds. The molecule has 3 rings (SSSR count). The third kappa shape index (κ3) is 5.20. The molecule has 1 N–H and O–H groups in total. The van der Waals surface area contributed by atoms with E-state index in [1.54, 1.807) is 6.92 Å². The summed E-state index contributed by atoms with van der Waals surface area (Å²) in [6, 6.07) is 11.9. The fourth-order valence-electron chi connectivity index (χ4n) is 2.88. The smallest absolute Gasteiger partial charge is 0.265 e. The van der Waals surface area contributed by atoms with E-state index in [2.05, 4.69) is 38.1 Å². The van der Waals surface area contributed by atoms with Crippen LogP contribution in [0.4, 0.5) is 15.8 Å². The molecule has 2 aromatic carbocycles. The zero-order valence-electron chi connectivity index (χ0n) is 15.4. The topological polar surface area (TPSA) is 44.8 Å². The van der Waals surface area contributed by atoms with Crippen molar-refractivity contribution in [2.24, 2.45) is 0 Å². The highest BCUT2D eigenvalue weighted by Crippen LogP contribution is 2.26. The minimum absolute atomic E-state index is 0.265. The van der Waals surface area contributed by atoms with Crippen LogP contribution in [0, 0.1) is 5.82 Å². The van der Waals surface area contributed by atoms with Crippen LogP contribution in [0.3, 0.4) is 0 Å². The van der Waals surface area contributed by atoms with Gasteiger partial charge in [-0.1, -0.05) is 0 Å². The van der Waals surface area contributed by atoms with E-state index in [4.69, 9.17) is 4.74 Å². The summed E-state index contributed by atoms with van der Waals surface area (Å²) in [5, 5.41) is 2.85. The minimum Gasteiger partial charge on any atom is -0.480 e. The van der Waals surface area contributed by atoms with Gasteiger partial charge in [0.05, 0.1) is 4.47 Å². The Morgan fingerprint density at radius 3 is 2.44 bits per heavy atom. The van der Waals surface area contributed by atoms with Crippen LogP contribution in [0.25, 0.3) is 0 Å². The normalized spacial score (nSPS) is 16.1. The second kappa shape index (κ2) is 8.71. The Kier molecular flexibility index (Phi) is 6.34. The number of nitrogens with zero attached hydrogens (tertiary/aromatic N) is 2. The number of anilines is 2. The number of hydrogen-bond acceptors (Lipinski definition) is 4. The maximum Gasteiger partial charge on any atom is 0.265 e. The second-order valence-electron chi connectivity index (χ2n) is 6.66. The Bertz CT molecular complexity index is 792. The van der Waals surface area contributed by atoms with Crippen molar-refractivity contribution in [2.45, 2.75) is 13.0 Å². The minimum atomic E-state index is -0.718. The monoisotopic (exact) mass is 435 g/mol. The molecule has 1 aliphatic heterocycles. The first-order valence-corrected chi connectivity index (χ1v) is 9.68. The summed E-state index contributed by atoms with van der Waals surface area (Å²) < 4.78 is 19.2. The van der Waals surface area contributed by atoms with Gasteiger partial charge in [-0.25, -0.2) is 4.39 Å². The highest BCUT2D eigenvalue weighted by Gasteiger charge is 2.17. The summed E-state index contributed by atoms with van der Waals surface area (Å²) in [6.45, 7) is 5.75. The Hall–Kier alpha value is -2.12. The van der Waals surface area contributed by atoms with Crippen LogP contribution < -0.4 is 15.0 Å². The summed E-state index contributed by atoms with van der Waals surface area (Å²) >= 11 is 3.24. The molecular weight excluding hydrogens is 413 g/mol. The van der Waals surface area contributed by atoms with E-state index in [9.17, 15) is 9.18 Å². The molecule has 27 heavy (non-hydrogen) atoms. The molecule has 7 heteroatoms. The van der Waals surface area contributed by atoms with Gasteiger partial charge in [-0.05, 0) is 72.4 Å². The van der Waals surface area contributed by atoms with Gasteiger partial charge in [-0.3, -0.25) is 4.79 Å². The van der Waals surface area contributed by atoms with Crippen molar-refractivity contribution >= 4 is 33.2 Å². The lowest BCUT2D eigenvalue weighted by Gasteiger charge is -2.34. The van der Waals surface area contributed by atoms with Gasteiger partial charge in [-0.15, -0.1) is 0 Å². The highest BCUT2D eigenvalue weighted by atomic mass is 79.9. The summed E-state index contributed by atoms with van der Waals surface area (Å²) in [7, 11) is 2.13. The lowest BCUT2D eigenvalue weighted by atomic mass is 10.2. The number of ether oxygens (including phenoxy) is 1. The van der Waals surface area contributed by atoms with E-state index in [0.29, 0.717) is 15.9 Å². The fraction of sp³-hybridized carbons (Fsp3) is 0.350. The molecule has 0 spiro atoms. The zero-order chi connectivity index (χ0) is 19.4. The van der Waals surface area contributed by atoms with Crippen LogP contribution >= 0.6 is 15.9 Å². The lowest BCUT2D eigenvalue weighted by Crippen LogP contribution is -2.44. The van der Waals surface area contributed by atoms with Crippen molar-refractivity contribution < 1.29 is 13.9 Å². The van der Waals surface area contributed by atoms with E-state index in [0.717, 1.165) is 31.9 Å². The van der Waals surface area contributed by atoms with E-state index >= 15 is 0 Å². The maximum atomic E-state index is 13.1. The van der Waals surface area contributed by atoms with E-state index < -0.39 is 6.10 Å². The molecule has 1 fully saturated rings. The van der Waals surface area contributed by atoms with Crippen molar-refractivity contribution in [3.05, 3.63) is 52.8 Å². The first kappa shape index (κ1) is 19.6. The van der Waals surface area contributed by atoms with E-state index in [1.807, 2.05) is 24.3 Å². The van der Waals surface area contributed by atoms with Crippen LogP contribution in [-0.2, 0) is 4.79 Å². The number of piperazine rings is 1. The predicted octanol–water partition coefficient (Wildman–Crippen LogP) is 3.75.